The van der Waals surface area contributed by atoms with Crippen molar-refractivity contribution in [3.05, 3.63) is 131 Å². The second-order valence-electron chi connectivity index (χ2n) is 9.91. The van der Waals surface area contributed by atoms with Crippen LogP contribution in [0.15, 0.2) is 119 Å². The van der Waals surface area contributed by atoms with Gasteiger partial charge < -0.3 is 18.9 Å². The number of hydrogen-bond acceptors (Lipinski definition) is 8. The Balaban J connectivity index is 1.47. The van der Waals surface area contributed by atoms with Crippen LogP contribution in [0.1, 0.15) is 28.7 Å². The molecule has 2 amide bonds. The van der Waals surface area contributed by atoms with E-state index in [2.05, 4.69) is 21.1 Å². The number of nitrogens with zero attached hydrogens (tertiary/aromatic N) is 2. The number of nitrogens with one attached hydrogen (secondary N) is 2. The van der Waals surface area contributed by atoms with Crippen LogP contribution in [0.2, 0.25) is 0 Å². The van der Waals surface area contributed by atoms with Crippen LogP contribution in [0, 0.1) is 0 Å². The van der Waals surface area contributed by atoms with Gasteiger partial charge in [0.1, 0.15) is 29.4 Å². The van der Waals surface area contributed by atoms with E-state index in [0.717, 1.165) is 33.8 Å². The van der Waals surface area contributed by atoms with Crippen molar-refractivity contribution < 1.29 is 28.5 Å². The van der Waals surface area contributed by atoms with Gasteiger partial charge in [-0.25, -0.2) is 10.9 Å². The standard InChI is InChI=1S/C37H36N4O6/c1-44-30-15-5-26(6-16-30)9-23-34(28-11-19-32(46-3)20-12-28)38-40-36(42)25-37(43)41-39-35(29-13-21-33(47-4)22-14-29)24-10-27-7-17-31(45-2)18-8-27/h5-24H,25H2,1-4H3,(H,40,42)(H,41,43)/b23-9+,24-10+,38-34-,39-35+. The third kappa shape index (κ3) is 10.5. The summed E-state index contributed by atoms with van der Waals surface area (Å²) in [6, 6.07) is 29.5. The molecule has 240 valence electrons. The van der Waals surface area contributed by atoms with Crippen LogP contribution < -0.4 is 29.8 Å². The minimum Gasteiger partial charge on any atom is -0.497 e. The Kier molecular flexibility index (Phi) is 12.5. The summed E-state index contributed by atoms with van der Waals surface area (Å²) in [6.45, 7) is 0. The molecule has 0 aromatic heterocycles. The molecule has 0 saturated carbocycles. The molecule has 0 heterocycles. The summed E-state index contributed by atoms with van der Waals surface area (Å²) in [5.74, 6) is 1.63. The van der Waals surface area contributed by atoms with Crippen LogP contribution in [0.4, 0.5) is 0 Å². The summed E-state index contributed by atoms with van der Waals surface area (Å²) < 4.78 is 21.0. The number of rotatable bonds is 14. The van der Waals surface area contributed by atoms with E-state index >= 15 is 0 Å². The van der Waals surface area contributed by atoms with Crippen LogP contribution in [0.25, 0.3) is 12.2 Å². The zero-order chi connectivity index (χ0) is 33.4. The van der Waals surface area contributed by atoms with Gasteiger partial charge in [0.15, 0.2) is 0 Å². The van der Waals surface area contributed by atoms with Crippen molar-refractivity contribution in [2.45, 2.75) is 6.42 Å². The first kappa shape index (κ1) is 33.7. The minimum absolute atomic E-state index is 0.473. The smallest absolute Gasteiger partial charge is 0.249 e. The Bertz CT molecular complexity index is 1610. The molecular weight excluding hydrogens is 596 g/mol. The van der Waals surface area contributed by atoms with Gasteiger partial charge in [0, 0.05) is 11.1 Å². The first-order valence-corrected chi connectivity index (χ1v) is 14.6. The Morgan fingerprint density at radius 1 is 0.511 bits per heavy atom. The van der Waals surface area contributed by atoms with Crippen molar-refractivity contribution in [1.29, 1.82) is 0 Å². The molecule has 10 nitrogen and oxygen atoms in total. The van der Waals surface area contributed by atoms with Crippen LogP contribution in [-0.2, 0) is 9.59 Å². The van der Waals surface area contributed by atoms with E-state index in [1.54, 1.807) is 64.9 Å². The van der Waals surface area contributed by atoms with Gasteiger partial charge in [-0.2, -0.15) is 10.2 Å². The number of allylic oxidation sites excluding steroid dienone is 2. The summed E-state index contributed by atoms with van der Waals surface area (Å²) in [7, 11) is 6.38. The average molecular weight is 633 g/mol. The SMILES string of the molecule is COc1ccc(/C=C/C(=N/NC(=O)CC(=O)N/N=C(\C=C\c2ccc(OC)cc2)c2ccc(OC)cc2)c2ccc(OC)cc2)cc1. The van der Waals surface area contributed by atoms with Crippen molar-refractivity contribution in [1.82, 2.24) is 10.9 Å². The van der Waals surface area contributed by atoms with Crippen molar-refractivity contribution >= 4 is 35.4 Å². The summed E-state index contributed by atoms with van der Waals surface area (Å²) in [5, 5.41) is 8.61. The third-order valence-corrected chi connectivity index (χ3v) is 6.79. The van der Waals surface area contributed by atoms with Crippen LogP contribution in [0.5, 0.6) is 23.0 Å². The third-order valence-electron chi connectivity index (χ3n) is 6.79. The lowest BCUT2D eigenvalue weighted by Gasteiger charge is -2.07. The molecule has 0 unspecified atom stereocenters. The molecule has 0 aliphatic carbocycles. The van der Waals surface area contributed by atoms with Gasteiger partial charge in [-0.15, -0.1) is 0 Å². The highest BCUT2D eigenvalue weighted by molar-refractivity contribution is 6.12. The van der Waals surface area contributed by atoms with E-state index in [4.69, 9.17) is 18.9 Å². The summed E-state index contributed by atoms with van der Waals surface area (Å²) in [6.07, 6.45) is 6.75. The second kappa shape index (κ2) is 17.4. The number of carbonyl (C=O) groups is 2. The number of carbonyl (C=O) groups excluding carboxylic acids is 2. The summed E-state index contributed by atoms with van der Waals surface area (Å²) >= 11 is 0. The molecular formula is C37H36N4O6. The maximum absolute atomic E-state index is 12.8. The predicted octanol–water partition coefficient (Wildman–Crippen LogP) is 5.88. The number of hydrogen-bond donors (Lipinski definition) is 2. The van der Waals surface area contributed by atoms with Crippen molar-refractivity contribution in [2.24, 2.45) is 10.2 Å². The van der Waals surface area contributed by atoms with E-state index in [1.807, 2.05) is 84.9 Å². The van der Waals surface area contributed by atoms with E-state index in [1.165, 1.54) is 0 Å². The van der Waals surface area contributed by atoms with E-state index in [-0.39, 0.29) is 0 Å². The van der Waals surface area contributed by atoms with Crippen LogP contribution >= 0.6 is 0 Å². The van der Waals surface area contributed by atoms with Crippen LogP contribution in [0.3, 0.4) is 0 Å². The van der Waals surface area contributed by atoms with Crippen molar-refractivity contribution in [3.8, 4) is 23.0 Å². The quantitative estimate of drug-likeness (QED) is 0.102. The summed E-state index contributed by atoms with van der Waals surface area (Å²) in [5.41, 5.74) is 9.19. The van der Waals surface area contributed by atoms with Crippen molar-refractivity contribution in [3.63, 3.8) is 0 Å². The lowest BCUT2D eigenvalue weighted by atomic mass is 10.1. The first-order chi connectivity index (χ1) is 22.9. The summed E-state index contributed by atoms with van der Waals surface area (Å²) in [4.78, 5) is 25.5. The minimum atomic E-state index is -0.610. The Hall–Kier alpha value is -6.16. The molecule has 4 aromatic carbocycles. The maximum atomic E-state index is 12.8. The topological polar surface area (TPSA) is 120 Å². The predicted molar refractivity (Wildman–Crippen MR) is 184 cm³/mol. The number of methoxy groups -OCH3 is 4. The zero-order valence-corrected chi connectivity index (χ0v) is 26.6. The molecule has 0 aliphatic rings. The average Bonchev–Trinajstić information content (AvgIpc) is 3.12. The van der Waals surface area contributed by atoms with E-state index in [9.17, 15) is 9.59 Å². The molecule has 0 fully saturated rings. The lowest BCUT2D eigenvalue weighted by Crippen LogP contribution is -2.28. The van der Waals surface area contributed by atoms with E-state index in [0.29, 0.717) is 22.9 Å². The molecule has 2 N–H and O–H groups in total. The fraction of sp³-hybridized carbons (Fsp3) is 0.135. The highest BCUT2D eigenvalue weighted by Crippen LogP contribution is 2.17. The highest BCUT2D eigenvalue weighted by atomic mass is 16.5. The second-order valence-corrected chi connectivity index (χ2v) is 9.91. The number of amides is 2. The van der Waals surface area contributed by atoms with Gasteiger partial charge in [-0.1, -0.05) is 36.4 Å². The number of hydrazone groups is 2. The van der Waals surface area contributed by atoms with Crippen LogP contribution in [-0.4, -0.2) is 51.7 Å². The lowest BCUT2D eigenvalue weighted by molar-refractivity contribution is -0.129. The van der Waals surface area contributed by atoms with Gasteiger partial charge >= 0.3 is 0 Å². The maximum Gasteiger partial charge on any atom is 0.249 e. The van der Waals surface area contributed by atoms with Gasteiger partial charge in [-0.05, 0) is 96.1 Å². The normalized spacial score (nSPS) is 11.7. The number of benzene rings is 4. The van der Waals surface area contributed by atoms with Gasteiger partial charge in [0.25, 0.3) is 0 Å². The molecule has 0 radical (unpaired) electrons. The van der Waals surface area contributed by atoms with Gasteiger partial charge in [0.05, 0.1) is 39.9 Å². The first-order valence-electron chi connectivity index (χ1n) is 14.6. The molecule has 0 atom stereocenters. The molecule has 0 saturated heterocycles. The monoisotopic (exact) mass is 632 g/mol. The fourth-order valence-electron chi connectivity index (χ4n) is 4.17. The molecule has 0 aliphatic heterocycles. The molecule has 4 aromatic rings. The molecule has 0 spiro atoms. The van der Waals surface area contributed by atoms with Crippen molar-refractivity contribution in [2.75, 3.05) is 28.4 Å². The number of ether oxygens (including phenoxy) is 4. The molecule has 47 heavy (non-hydrogen) atoms. The highest BCUT2D eigenvalue weighted by Gasteiger charge is 2.11. The molecule has 0 bridgehead atoms. The fourth-order valence-corrected chi connectivity index (χ4v) is 4.17. The Morgan fingerprint density at radius 3 is 1.11 bits per heavy atom. The van der Waals surface area contributed by atoms with Gasteiger partial charge in [-0.3, -0.25) is 9.59 Å². The van der Waals surface area contributed by atoms with Gasteiger partial charge in [0.2, 0.25) is 11.8 Å². The molecule has 4 rings (SSSR count). The largest absolute Gasteiger partial charge is 0.497 e. The Morgan fingerprint density at radius 2 is 0.809 bits per heavy atom. The van der Waals surface area contributed by atoms with E-state index < -0.39 is 18.2 Å². The Labute approximate surface area is 274 Å². The zero-order valence-electron chi connectivity index (χ0n) is 26.6. The molecule has 10 heteroatoms.